The number of carbonyl (C=O) groups excluding carboxylic acids is 2. The van der Waals surface area contributed by atoms with E-state index in [4.69, 9.17) is 4.74 Å². The highest BCUT2D eigenvalue weighted by atomic mass is 32.2. The van der Waals surface area contributed by atoms with Gasteiger partial charge in [0.05, 0.1) is 15.4 Å². The molecular formula is C17H20N2O5S. The largest absolute Gasteiger partial charge is 0.382 e. The summed E-state index contributed by atoms with van der Waals surface area (Å²) in [6.45, 7) is 5.15. The van der Waals surface area contributed by atoms with Crippen LogP contribution in [0.4, 0.5) is 5.69 Å². The molecule has 0 saturated heterocycles. The molecule has 0 bridgehead atoms. The van der Waals surface area contributed by atoms with Crippen LogP contribution in [0.5, 0.6) is 0 Å². The summed E-state index contributed by atoms with van der Waals surface area (Å²) in [5.74, 6) is -0.00884. The number of non-ortho nitro benzene ring substituents is 1. The molecule has 25 heavy (non-hydrogen) atoms. The summed E-state index contributed by atoms with van der Waals surface area (Å²) >= 11 is 1.31. The van der Waals surface area contributed by atoms with Gasteiger partial charge in [-0.05, 0) is 36.8 Å². The van der Waals surface area contributed by atoms with Gasteiger partial charge in [-0.2, -0.15) is 0 Å². The van der Waals surface area contributed by atoms with Gasteiger partial charge in [-0.1, -0.05) is 6.92 Å². The molecule has 8 heteroatoms. The van der Waals surface area contributed by atoms with Crippen LogP contribution in [0.1, 0.15) is 25.8 Å². The van der Waals surface area contributed by atoms with E-state index in [1.165, 1.54) is 40.9 Å². The number of hydrogen-bond acceptors (Lipinski definition) is 6. The molecule has 1 aromatic carbocycles. The van der Waals surface area contributed by atoms with Crippen LogP contribution in [-0.2, 0) is 14.3 Å². The van der Waals surface area contributed by atoms with Crippen molar-refractivity contribution in [2.24, 2.45) is 0 Å². The maximum Gasteiger partial charge on any atom is 0.269 e. The van der Waals surface area contributed by atoms with E-state index in [1.807, 2.05) is 13.8 Å². The zero-order valence-electron chi connectivity index (χ0n) is 14.2. The van der Waals surface area contributed by atoms with Gasteiger partial charge in [0.25, 0.3) is 17.5 Å². The lowest BCUT2D eigenvalue weighted by atomic mass is 10.1. The van der Waals surface area contributed by atoms with E-state index in [0.717, 1.165) is 0 Å². The van der Waals surface area contributed by atoms with Crippen molar-refractivity contribution in [1.29, 1.82) is 0 Å². The van der Waals surface area contributed by atoms with Gasteiger partial charge in [-0.25, -0.2) is 0 Å². The summed E-state index contributed by atoms with van der Waals surface area (Å²) < 4.78 is 5.25. The van der Waals surface area contributed by atoms with Crippen molar-refractivity contribution in [3.05, 3.63) is 44.8 Å². The van der Waals surface area contributed by atoms with Gasteiger partial charge in [0.2, 0.25) is 0 Å². The fourth-order valence-electron chi connectivity index (χ4n) is 2.51. The highest BCUT2D eigenvalue weighted by Crippen LogP contribution is 2.36. The van der Waals surface area contributed by atoms with E-state index in [2.05, 4.69) is 0 Å². The van der Waals surface area contributed by atoms with Crippen molar-refractivity contribution >= 4 is 34.8 Å². The smallest absolute Gasteiger partial charge is 0.269 e. The van der Waals surface area contributed by atoms with Crippen molar-refractivity contribution in [2.75, 3.05) is 25.5 Å². The van der Waals surface area contributed by atoms with Crippen molar-refractivity contribution in [1.82, 2.24) is 4.90 Å². The Morgan fingerprint density at radius 1 is 1.16 bits per heavy atom. The van der Waals surface area contributed by atoms with E-state index in [9.17, 15) is 19.7 Å². The molecule has 0 atom stereocenters. The van der Waals surface area contributed by atoms with Crippen LogP contribution < -0.4 is 0 Å². The molecule has 134 valence electrons. The number of thioether (sulfide) groups is 1. The number of carbonyl (C=O) groups is 2. The molecule has 1 aromatic rings. The van der Waals surface area contributed by atoms with Crippen LogP contribution in [0.15, 0.2) is 29.2 Å². The number of benzene rings is 1. The second-order valence-corrected chi connectivity index (χ2v) is 6.53. The summed E-state index contributed by atoms with van der Waals surface area (Å²) in [7, 11) is 0. The lowest BCUT2D eigenvalue weighted by Crippen LogP contribution is -2.33. The highest BCUT2D eigenvalue weighted by Gasteiger charge is 2.38. The summed E-state index contributed by atoms with van der Waals surface area (Å²) in [6.07, 6.45) is 0.572. The van der Waals surface area contributed by atoms with Crippen molar-refractivity contribution in [3.8, 4) is 0 Å². The second-order valence-electron chi connectivity index (χ2n) is 5.25. The average molecular weight is 364 g/mol. The van der Waals surface area contributed by atoms with E-state index in [0.29, 0.717) is 48.0 Å². The first kappa shape index (κ1) is 19.1. The van der Waals surface area contributed by atoms with Crippen molar-refractivity contribution in [2.45, 2.75) is 20.3 Å². The quantitative estimate of drug-likeness (QED) is 0.290. The predicted molar refractivity (Wildman–Crippen MR) is 96.0 cm³/mol. The minimum absolute atomic E-state index is 0.0561. The third-order valence-electron chi connectivity index (χ3n) is 3.66. The number of amides is 2. The Balaban J connectivity index is 2.27. The summed E-state index contributed by atoms with van der Waals surface area (Å²) in [5, 5.41) is 10.8. The Labute approximate surface area is 150 Å². The normalized spacial score (nSPS) is 14.6. The third kappa shape index (κ3) is 4.26. The van der Waals surface area contributed by atoms with Crippen LogP contribution in [-0.4, -0.2) is 47.1 Å². The van der Waals surface area contributed by atoms with Gasteiger partial charge in [0.1, 0.15) is 0 Å². The van der Waals surface area contributed by atoms with Gasteiger partial charge in [0.15, 0.2) is 0 Å². The fourth-order valence-corrected chi connectivity index (χ4v) is 3.38. The molecular weight excluding hydrogens is 344 g/mol. The van der Waals surface area contributed by atoms with Crippen LogP contribution in [0.25, 0.3) is 5.57 Å². The van der Waals surface area contributed by atoms with Crippen molar-refractivity contribution in [3.63, 3.8) is 0 Å². The van der Waals surface area contributed by atoms with Crippen molar-refractivity contribution < 1.29 is 19.2 Å². The molecule has 1 heterocycles. The monoisotopic (exact) mass is 364 g/mol. The Kier molecular flexibility index (Phi) is 6.72. The molecule has 0 aromatic heterocycles. The first-order chi connectivity index (χ1) is 12.0. The van der Waals surface area contributed by atoms with Gasteiger partial charge < -0.3 is 4.74 Å². The minimum atomic E-state index is -0.498. The molecule has 7 nitrogen and oxygen atoms in total. The number of imide groups is 1. The number of nitro benzene ring substituents is 1. The Morgan fingerprint density at radius 3 is 2.40 bits per heavy atom. The standard InChI is InChI=1S/C17H20N2O5S/c1-3-24-11-5-10-18-16(20)14(15(17(18)21)25-4-2)12-6-8-13(9-7-12)19(22)23/h6-9H,3-5,10-11H2,1-2H3. The number of nitro groups is 1. The molecule has 2 amide bonds. The molecule has 0 aliphatic carbocycles. The Morgan fingerprint density at radius 2 is 1.84 bits per heavy atom. The minimum Gasteiger partial charge on any atom is -0.382 e. The Hall–Kier alpha value is -2.19. The second kappa shape index (κ2) is 8.77. The number of nitrogens with zero attached hydrogens (tertiary/aromatic N) is 2. The molecule has 1 aliphatic rings. The van der Waals surface area contributed by atoms with E-state index < -0.39 is 4.92 Å². The molecule has 0 fully saturated rings. The first-order valence-electron chi connectivity index (χ1n) is 8.07. The number of hydrogen-bond donors (Lipinski definition) is 0. The van der Waals surface area contributed by atoms with E-state index in [1.54, 1.807) is 0 Å². The number of rotatable bonds is 9. The molecule has 0 N–H and O–H groups in total. The maximum atomic E-state index is 12.7. The van der Waals surface area contributed by atoms with Gasteiger partial charge in [-0.3, -0.25) is 24.6 Å². The summed E-state index contributed by atoms with van der Waals surface area (Å²) in [5.41, 5.74) is 0.787. The fraction of sp³-hybridized carbons (Fsp3) is 0.412. The van der Waals surface area contributed by atoms with Crippen LogP contribution in [0.3, 0.4) is 0 Å². The van der Waals surface area contributed by atoms with Gasteiger partial charge in [-0.15, -0.1) is 11.8 Å². The third-order valence-corrected chi connectivity index (χ3v) is 4.61. The molecule has 2 rings (SSSR count). The van der Waals surface area contributed by atoms with E-state index >= 15 is 0 Å². The van der Waals surface area contributed by atoms with Crippen LogP contribution in [0, 0.1) is 10.1 Å². The average Bonchev–Trinajstić information content (AvgIpc) is 2.83. The Bertz CT molecular complexity index is 699. The zero-order chi connectivity index (χ0) is 18.4. The van der Waals surface area contributed by atoms with Gasteiger partial charge >= 0.3 is 0 Å². The summed E-state index contributed by atoms with van der Waals surface area (Å²) in [4.78, 5) is 37.3. The molecule has 1 aliphatic heterocycles. The number of ether oxygens (including phenoxy) is 1. The van der Waals surface area contributed by atoms with Gasteiger partial charge in [0, 0.05) is 31.9 Å². The molecule has 0 spiro atoms. The first-order valence-corrected chi connectivity index (χ1v) is 9.05. The lowest BCUT2D eigenvalue weighted by Gasteiger charge is -2.14. The maximum absolute atomic E-state index is 12.7. The topological polar surface area (TPSA) is 89.8 Å². The lowest BCUT2D eigenvalue weighted by molar-refractivity contribution is -0.384. The molecule has 0 radical (unpaired) electrons. The van der Waals surface area contributed by atoms with E-state index in [-0.39, 0.29) is 17.5 Å². The zero-order valence-corrected chi connectivity index (χ0v) is 15.0. The summed E-state index contributed by atoms with van der Waals surface area (Å²) in [6, 6.07) is 5.70. The predicted octanol–water partition coefficient (Wildman–Crippen LogP) is 2.85. The molecule has 0 saturated carbocycles. The van der Waals surface area contributed by atoms with Crippen LogP contribution >= 0.6 is 11.8 Å². The van der Waals surface area contributed by atoms with Crippen LogP contribution in [0.2, 0.25) is 0 Å². The molecule has 0 unspecified atom stereocenters. The SMILES string of the molecule is CCOCCCN1C(=O)C(SCC)=C(c2ccc([N+](=O)[O-])cc2)C1=O. The highest BCUT2D eigenvalue weighted by molar-refractivity contribution is 8.04.